The zero-order valence-corrected chi connectivity index (χ0v) is 14.7. The van der Waals surface area contributed by atoms with Crippen LogP contribution >= 0.6 is 0 Å². The lowest BCUT2D eigenvalue weighted by molar-refractivity contribution is -0.0408. The van der Waals surface area contributed by atoms with Gasteiger partial charge in [0, 0.05) is 38.8 Å². The fourth-order valence-electron chi connectivity index (χ4n) is 3.18. The molecule has 0 radical (unpaired) electrons. The Kier molecular flexibility index (Phi) is 4.63. The molecular formula is C17H24N6O2. The Morgan fingerprint density at radius 3 is 3.04 bits per heavy atom. The van der Waals surface area contributed by atoms with Crippen molar-refractivity contribution in [3.63, 3.8) is 0 Å². The minimum atomic E-state index is 0.105. The maximum absolute atomic E-state index is 5.94. The summed E-state index contributed by atoms with van der Waals surface area (Å²) in [5.41, 5.74) is 0. The number of ether oxygens (including phenoxy) is 1. The van der Waals surface area contributed by atoms with E-state index in [1.807, 2.05) is 19.2 Å². The van der Waals surface area contributed by atoms with Gasteiger partial charge < -0.3 is 14.2 Å². The highest BCUT2D eigenvalue weighted by Gasteiger charge is 2.32. The summed E-state index contributed by atoms with van der Waals surface area (Å²) in [5.74, 6) is 2.95. The van der Waals surface area contributed by atoms with Gasteiger partial charge in [0.05, 0.1) is 18.8 Å². The first kappa shape index (κ1) is 16.4. The summed E-state index contributed by atoms with van der Waals surface area (Å²) in [5, 5.41) is 12.2. The van der Waals surface area contributed by atoms with Crippen molar-refractivity contribution in [1.82, 2.24) is 25.2 Å². The normalized spacial score (nSPS) is 22.7. The molecule has 4 rings (SSSR count). The highest BCUT2D eigenvalue weighted by molar-refractivity contribution is 5.35. The first-order valence-electron chi connectivity index (χ1n) is 8.88. The Bertz CT molecular complexity index is 689. The smallest absolute Gasteiger partial charge is 0.243 e. The third-order valence-corrected chi connectivity index (χ3v) is 4.90. The first-order chi connectivity index (χ1) is 12.2. The van der Waals surface area contributed by atoms with Crippen molar-refractivity contribution < 1.29 is 9.26 Å². The van der Waals surface area contributed by atoms with Crippen LogP contribution in [0.5, 0.6) is 0 Å². The van der Waals surface area contributed by atoms with Crippen molar-refractivity contribution in [2.75, 3.05) is 38.2 Å². The topological polar surface area (TPSA) is 80.4 Å². The number of hydrogen-bond acceptors (Lipinski definition) is 8. The maximum atomic E-state index is 5.94. The lowest BCUT2D eigenvalue weighted by atomic mass is 10.2. The molecule has 25 heavy (non-hydrogen) atoms. The molecule has 134 valence electrons. The second kappa shape index (κ2) is 7.05. The summed E-state index contributed by atoms with van der Waals surface area (Å²) in [6, 6.07) is 3.95. The van der Waals surface area contributed by atoms with Crippen molar-refractivity contribution in [2.45, 2.75) is 37.8 Å². The zero-order chi connectivity index (χ0) is 17.2. The highest BCUT2D eigenvalue weighted by Crippen LogP contribution is 2.38. The van der Waals surface area contributed by atoms with Crippen LogP contribution in [-0.4, -0.2) is 64.6 Å². The second-order valence-electron chi connectivity index (χ2n) is 6.89. The van der Waals surface area contributed by atoms with Gasteiger partial charge in [-0.3, -0.25) is 4.90 Å². The summed E-state index contributed by atoms with van der Waals surface area (Å²) in [6.45, 7) is 5.28. The van der Waals surface area contributed by atoms with Crippen LogP contribution in [0.3, 0.4) is 0 Å². The molecule has 2 aliphatic rings. The largest absolute Gasteiger partial charge is 0.374 e. The van der Waals surface area contributed by atoms with Crippen LogP contribution in [0.1, 0.15) is 43.4 Å². The fraction of sp³-hybridized carbons (Fsp3) is 0.647. The number of rotatable bonds is 6. The summed E-state index contributed by atoms with van der Waals surface area (Å²) in [6.07, 6.45) is 4.15. The zero-order valence-electron chi connectivity index (χ0n) is 14.7. The van der Waals surface area contributed by atoms with Gasteiger partial charge in [-0.05, 0) is 31.9 Å². The minimum absolute atomic E-state index is 0.105. The minimum Gasteiger partial charge on any atom is -0.374 e. The number of aromatic nitrogens is 4. The number of morpholine rings is 1. The quantitative estimate of drug-likeness (QED) is 0.782. The molecule has 1 saturated heterocycles. The van der Waals surface area contributed by atoms with Crippen LogP contribution in [0.15, 0.2) is 22.9 Å². The predicted molar refractivity (Wildman–Crippen MR) is 91.3 cm³/mol. The first-order valence-corrected chi connectivity index (χ1v) is 8.88. The molecule has 0 aromatic carbocycles. The van der Waals surface area contributed by atoms with Gasteiger partial charge in [-0.15, -0.1) is 5.10 Å². The molecule has 0 N–H and O–H groups in total. The van der Waals surface area contributed by atoms with E-state index in [0.29, 0.717) is 18.4 Å². The molecule has 0 unspecified atom stereocenters. The molecule has 3 heterocycles. The predicted octanol–water partition coefficient (Wildman–Crippen LogP) is 1.64. The van der Waals surface area contributed by atoms with E-state index in [-0.39, 0.29) is 12.1 Å². The number of nitrogens with zero attached hydrogens (tertiary/aromatic N) is 6. The van der Waals surface area contributed by atoms with Crippen LogP contribution in [0.4, 0.5) is 5.82 Å². The van der Waals surface area contributed by atoms with E-state index in [2.05, 4.69) is 37.1 Å². The van der Waals surface area contributed by atoms with Crippen molar-refractivity contribution in [3.8, 4) is 0 Å². The third-order valence-electron chi connectivity index (χ3n) is 4.90. The van der Waals surface area contributed by atoms with Crippen LogP contribution in [0, 0.1) is 0 Å². The summed E-state index contributed by atoms with van der Waals surface area (Å²) >= 11 is 0. The molecule has 1 saturated carbocycles. The van der Waals surface area contributed by atoms with E-state index < -0.39 is 0 Å². The molecule has 2 fully saturated rings. The molecule has 2 atom stereocenters. The summed E-state index contributed by atoms with van der Waals surface area (Å²) in [4.78, 5) is 9.02. The molecule has 8 nitrogen and oxygen atoms in total. The van der Waals surface area contributed by atoms with Crippen molar-refractivity contribution in [3.05, 3.63) is 30.0 Å². The van der Waals surface area contributed by atoms with Gasteiger partial charge in [0.15, 0.2) is 11.6 Å². The molecule has 2 aromatic rings. The van der Waals surface area contributed by atoms with E-state index in [4.69, 9.17) is 9.26 Å². The fourth-order valence-corrected chi connectivity index (χ4v) is 3.18. The Labute approximate surface area is 147 Å². The molecule has 2 aromatic heterocycles. The van der Waals surface area contributed by atoms with Crippen molar-refractivity contribution in [1.29, 1.82) is 0 Å². The van der Waals surface area contributed by atoms with Crippen LogP contribution in [-0.2, 0) is 4.74 Å². The molecule has 0 spiro atoms. The number of anilines is 1. The Morgan fingerprint density at radius 2 is 2.28 bits per heavy atom. The lowest BCUT2D eigenvalue weighted by Gasteiger charge is -2.37. The molecular weight excluding hydrogens is 320 g/mol. The number of hydrogen-bond donors (Lipinski definition) is 0. The average molecular weight is 344 g/mol. The Balaban J connectivity index is 1.36. The number of likely N-dealkylation sites (N-methyl/N-ethyl adjacent to an activating group) is 1. The van der Waals surface area contributed by atoms with Crippen molar-refractivity contribution >= 4 is 5.82 Å². The Hall–Kier alpha value is -2.06. The van der Waals surface area contributed by atoms with Gasteiger partial charge in [0.1, 0.15) is 0 Å². The van der Waals surface area contributed by atoms with Gasteiger partial charge in [0.25, 0.3) is 0 Å². The van der Waals surface area contributed by atoms with Crippen molar-refractivity contribution in [2.24, 2.45) is 0 Å². The molecule has 0 bridgehead atoms. The van der Waals surface area contributed by atoms with E-state index >= 15 is 0 Å². The second-order valence-corrected chi connectivity index (χ2v) is 6.89. The van der Waals surface area contributed by atoms with Crippen LogP contribution in [0.25, 0.3) is 0 Å². The molecule has 8 heteroatoms. The lowest BCUT2D eigenvalue weighted by Crippen LogP contribution is -2.47. The maximum Gasteiger partial charge on any atom is 0.243 e. The van der Waals surface area contributed by atoms with Gasteiger partial charge in [-0.2, -0.15) is 10.1 Å². The van der Waals surface area contributed by atoms with E-state index in [1.54, 1.807) is 6.20 Å². The van der Waals surface area contributed by atoms with Crippen LogP contribution < -0.4 is 4.90 Å². The summed E-state index contributed by atoms with van der Waals surface area (Å²) in [7, 11) is 2.01. The SMILES string of the molecule is C[C@@H](c1nc(C2CC2)no1)N1CCO[C@@H](CN(C)c2cccnn2)C1. The average Bonchev–Trinajstić information content (AvgIpc) is 3.39. The Morgan fingerprint density at radius 1 is 1.40 bits per heavy atom. The van der Waals surface area contributed by atoms with Gasteiger partial charge in [-0.25, -0.2) is 0 Å². The van der Waals surface area contributed by atoms with E-state index in [9.17, 15) is 0 Å². The molecule has 1 aliphatic heterocycles. The molecule has 1 aliphatic carbocycles. The third kappa shape index (κ3) is 3.80. The summed E-state index contributed by atoms with van der Waals surface area (Å²) < 4.78 is 11.4. The van der Waals surface area contributed by atoms with Gasteiger partial charge >= 0.3 is 0 Å². The van der Waals surface area contributed by atoms with Gasteiger partial charge in [-0.1, -0.05) is 5.16 Å². The standard InChI is InChI=1S/C17H24N6O2/c1-12(17-19-16(21-25-17)13-5-6-13)23-8-9-24-14(11-23)10-22(2)15-4-3-7-18-20-15/h3-4,7,12-14H,5-6,8-11H2,1-2H3/t12-,14-/m0/s1. The van der Waals surface area contributed by atoms with E-state index in [1.165, 1.54) is 12.8 Å². The highest BCUT2D eigenvalue weighted by atomic mass is 16.5. The van der Waals surface area contributed by atoms with E-state index in [0.717, 1.165) is 31.3 Å². The van der Waals surface area contributed by atoms with Gasteiger partial charge in [0.2, 0.25) is 5.89 Å². The molecule has 0 amide bonds. The van der Waals surface area contributed by atoms with Crippen LogP contribution in [0.2, 0.25) is 0 Å². The monoisotopic (exact) mass is 344 g/mol.